The summed E-state index contributed by atoms with van der Waals surface area (Å²) in [6.07, 6.45) is 1.71. The molecule has 2 heterocycles. The van der Waals surface area contributed by atoms with Crippen molar-refractivity contribution in [1.82, 2.24) is 10.3 Å². The molecule has 1 aliphatic rings. The predicted octanol–water partition coefficient (Wildman–Crippen LogP) is 2.70. The Morgan fingerprint density at radius 2 is 2.08 bits per heavy atom. The normalized spacial score (nSPS) is 16.5. The maximum atomic E-state index is 12.5. The zero-order chi connectivity index (χ0) is 18.0. The molecule has 3 rings (SSSR count). The number of ether oxygens (including phenoxy) is 1. The minimum absolute atomic E-state index is 0.0689. The quantitative estimate of drug-likeness (QED) is 0.797. The number of aryl methyl sites for hydroxylation is 1. The molecule has 2 aromatic rings. The van der Waals surface area contributed by atoms with Crippen LogP contribution in [-0.4, -0.2) is 35.1 Å². The van der Waals surface area contributed by atoms with Gasteiger partial charge < -0.3 is 20.1 Å². The average molecular weight is 342 g/mol. The molecule has 0 saturated heterocycles. The largest absolute Gasteiger partial charge is 0.493 e. The summed E-state index contributed by atoms with van der Waals surface area (Å²) in [7, 11) is 0. The molecule has 0 radical (unpaired) electrons. The first-order valence-electron chi connectivity index (χ1n) is 8.38. The molecule has 0 bridgehead atoms. The lowest BCUT2D eigenvalue weighted by Crippen LogP contribution is -2.31. The maximum absolute atomic E-state index is 12.5. The summed E-state index contributed by atoms with van der Waals surface area (Å²) in [4.78, 5) is 26.5. The van der Waals surface area contributed by atoms with Gasteiger partial charge in [0.15, 0.2) is 0 Å². The van der Waals surface area contributed by atoms with Crippen molar-refractivity contribution >= 4 is 11.9 Å². The summed E-state index contributed by atoms with van der Waals surface area (Å²) < 4.78 is 5.76. The van der Waals surface area contributed by atoms with E-state index in [-0.39, 0.29) is 17.5 Å². The molecule has 6 heteroatoms. The Kier molecular flexibility index (Phi) is 4.79. The van der Waals surface area contributed by atoms with Crippen molar-refractivity contribution in [3.05, 3.63) is 52.3 Å². The van der Waals surface area contributed by atoms with E-state index in [1.165, 1.54) is 0 Å². The lowest BCUT2D eigenvalue weighted by Gasteiger charge is -2.15. The van der Waals surface area contributed by atoms with Crippen molar-refractivity contribution in [2.24, 2.45) is 5.92 Å². The molecule has 1 aromatic carbocycles. The molecule has 0 saturated carbocycles. The summed E-state index contributed by atoms with van der Waals surface area (Å²) in [5, 5.41) is 12.1. The number of amides is 1. The number of hydrogen-bond donors (Lipinski definition) is 3. The van der Waals surface area contributed by atoms with Crippen molar-refractivity contribution in [2.75, 3.05) is 13.2 Å². The van der Waals surface area contributed by atoms with E-state index in [0.29, 0.717) is 30.0 Å². The first-order valence-corrected chi connectivity index (χ1v) is 8.38. The van der Waals surface area contributed by atoms with Gasteiger partial charge in [0.25, 0.3) is 5.91 Å². The fraction of sp³-hybridized carbons (Fsp3) is 0.368. The first-order chi connectivity index (χ1) is 12.0. The Morgan fingerprint density at radius 3 is 2.80 bits per heavy atom. The van der Waals surface area contributed by atoms with Gasteiger partial charge in [-0.05, 0) is 49.8 Å². The maximum Gasteiger partial charge on any atom is 0.352 e. The number of fused-ring (bicyclic) bond motifs is 1. The Morgan fingerprint density at radius 1 is 1.32 bits per heavy atom. The summed E-state index contributed by atoms with van der Waals surface area (Å²) in [5.74, 6) is -0.0970. The number of benzene rings is 1. The zero-order valence-corrected chi connectivity index (χ0v) is 14.4. The van der Waals surface area contributed by atoms with Crippen molar-refractivity contribution < 1.29 is 19.4 Å². The molecule has 1 atom stereocenters. The number of carboxylic acid groups (broad SMARTS) is 1. The lowest BCUT2D eigenvalue weighted by molar-refractivity contribution is 0.0690. The van der Waals surface area contributed by atoms with E-state index in [1.54, 1.807) is 13.8 Å². The van der Waals surface area contributed by atoms with Crippen molar-refractivity contribution in [3.8, 4) is 5.75 Å². The van der Waals surface area contributed by atoms with Crippen molar-refractivity contribution in [2.45, 2.75) is 26.7 Å². The first kappa shape index (κ1) is 17.1. The van der Waals surface area contributed by atoms with E-state index in [0.717, 1.165) is 24.2 Å². The average Bonchev–Trinajstić information content (AvgIpc) is 2.76. The van der Waals surface area contributed by atoms with Gasteiger partial charge in [-0.25, -0.2) is 4.79 Å². The van der Waals surface area contributed by atoms with E-state index < -0.39 is 5.97 Å². The zero-order valence-electron chi connectivity index (χ0n) is 14.4. The van der Waals surface area contributed by atoms with Crippen LogP contribution in [0.5, 0.6) is 5.75 Å². The highest BCUT2D eigenvalue weighted by molar-refractivity contribution is 6.00. The number of aromatic nitrogens is 1. The number of aromatic amines is 1. The molecule has 132 valence electrons. The Balaban J connectivity index is 1.68. The number of carboxylic acids is 1. The van der Waals surface area contributed by atoms with Gasteiger partial charge in [0, 0.05) is 12.2 Å². The van der Waals surface area contributed by atoms with Crippen LogP contribution in [0.3, 0.4) is 0 Å². The SMILES string of the molecule is Cc1[nH]c(C(=O)O)c(C)c1C(=O)NC[C@H]1CCOc2ccccc2C1. The summed E-state index contributed by atoms with van der Waals surface area (Å²) >= 11 is 0. The van der Waals surface area contributed by atoms with E-state index in [4.69, 9.17) is 9.84 Å². The Labute approximate surface area is 146 Å². The van der Waals surface area contributed by atoms with Crippen molar-refractivity contribution in [3.63, 3.8) is 0 Å². The van der Waals surface area contributed by atoms with Gasteiger partial charge in [0.1, 0.15) is 11.4 Å². The fourth-order valence-electron chi connectivity index (χ4n) is 3.37. The van der Waals surface area contributed by atoms with Crippen LogP contribution in [-0.2, 0) is 6.42 Å². The Hall–Kier alpha value is -2.76. The molecule has 0 fully saturated rings. The van der Waals surface area contributed by atoms with Crippen LogP contribution >= 0.6 is 0 Å². The van der Waals surface area contributed by atoms with Crippen LogP contribution in [0.25, 0.3) is 0 Å². The van der Waals surface area contributed by atoms with E-state index in [2.05, 4.69) is 16.4 Å². The number of carbonyl (C=O) groups is 2. The van der Waals surface area contributed by atoms with Crippen LogP contribution in [0.1, 0.15) is 44.1 Å². The topological polar surface area (TPSA) is 91.4 Å². The third kappa shape index (κ3) is 3.52. The third-order valence-corrected chi connectivity index (χ3v) is 4.69. The van der Waals surface area contributed by atoms with Gasteiger partial charge in [0.05, 0.1) is 12.2 Å². The minimum atomic E-state index is -1.06. The van der Waals surface area contributed by atoms with E-state index >= 15 is 0 Å². The minimum Gasteiger partial charge on any atom is -0.493 e. The summed E-state index contributed by atoms with van der Waals surface area (Å²) in [5.41, 5.74) is 2.68. The lowest BCUT2D eigenvalue weighted by atomic mass is 9.96. The summed E-state index contributed by atoms with van der Waals surface area (Å²) in [6, 6.07) is 7.97. The van der Waals surface area contributed by atoms with Gasteiger partial charge in [-0.3, -0.25) is 4.79 Å². The van der Waals surface area contributed by atoms with E-state index in [1.807, 2.05) is 18.2 Å². The van der Waals surface area contributed by atoms with Gasteiger partial charge in [-0.2, -0.15) is 0 Å². The second-order valence-electron chi connectivity index (χ2n) is 6.46. The number of H-pyrrole nitrogens is 1. The number of aromatic carboxylic acids is 1. The summed E-state index contributed by atoms with van der Waals surface area (Å²) in [6.45, 7) is 4.52. The number of para-hydroxylation sites is 1. The third-order valence-electron chi connectivity index (χ3n) is 4.69. The fourth-order valence-corrected chi connectivity index (χ4v) is 3.37. The van der Waals surface area contributed by atoms with E-state index in [9.17, 15) is 9.59 Å². The number of carbonyl (C=O) groups excluding carboxylic acids is 1. The van der Waals surface area contributed by atoms with Gasteiger partial charge in [-0.15, -0.1) is 0 Å². The molecule has 3 N–H and O–H groups in total. The van der Waals surface area contributed by atoms with Crippen LogP contribution in [0, 0.1) is 19.8 Å². The smallest absolute Gasteiger partial charge is 0.352 e. The highest BCUT2D eigenvalue weighted by atomic mass is 16.5. The highest BCUT2D eigenvalue weighted by Crippen LogP contribution is 2.26. The molecular formula is C19H22N2O4. The standard InChI is InChI=1S/C19H22N2O4/c1-11-16(12(2)21-17(11)19(23)24)18(22)20-10-13-7-8-25-15-6-4-3-5-14(15)9-13/h3-6,13,21H,7-10H2,1-2H3,(H,20,22)(H,23,24)/t13-/m0/s1. The number of nitrogens with one attached hydrogen (secondary N) is 2. The molecule has 1 aliphatic heterocycles. The Bertz CT molecular complexity index is 810. The second kappa shape index (κ2) is 7.01. The highest BCUT2D eigenvalue weighted by Gasteiger charge is 2.23. The molecule has 25 heavy (non-hydrogen) atoms. The van der Waals surface area contributed by atoms with Gasteiger partial charge >= 0.3 is 5.97 Å². The molecular weight excluding hydrogens is 320 g/mol. The van der Waals surface area contributed by atoms with Crippen LogP contribution in [0.2, 0.25) is 0 Å². The van der Waals surface area contributed by atoms with Gasteiger partial charge in [-0.1, -0.05) is 18.2 Å². The molecule has 6 nitrogen and oxygen atoms in total. The predicted molar refractivity (Wildman–Crippen MR) is 93.3 cm³/mol. The van der Waals surface area contributed by atoms with Crippen LogP contribution < -0.4 is 10.1 Å². The molecule has 1 aromatic heterocycles. The number of hydrogen-bond acceptors (Lipinski definition) is 3. The number of rotatable bonds is 4. The molecule has 0 aliphatic carbocycles. The van der Waals surface area contributed by atoms with Gasteiger partial charge in [0.2, 0.25) is 0 Å². The van der Waals surface area contributed by atoms with Crippen LogP contribution in [0.15, 0.2) is 24.3 Å². The monoisotopic (exact) mass is 342 g/mol. The van der Waals surface area contributed by atoms with Crippen LogP contribution in [0.4, 0.5) is 0 Å². The molecule has 0 unspecified atom stereocenters. The van der Waals surface area contributed by atoms with Crippen molar-refractivity contribution in [1.29, 1.82) is 0 Å². The second-order valence-corrected chi connectivity index (χ2v) is 6.46. The molecule has 0 spiro atoms. The molecule has 1 amide bonds.